The van der Waals surface area contributed by atoms with Crippen molar-refractivity contribution in [1.82, 2.24) is 10.3 Å². The summed E-state index contributed by atoms with van der Waals surface area (Å²) in [5.41, 5.74) is 0. The first-order valence-corrected chi connectivity index (χ1v) is 5.97. The van der Waals surface area contributed by atoms with E-state index in [4.69, 9.17) is 4.74 Å². The lowest BCUT2D eigenvalue weighted by Gasteiger charge is -2.04. The Labute approximate surface area is 107 Å². The van der Waals surface area contributed by atoms with E-state index in [0.717, 1.165) is 5.01 Å². The average Bonchev–Trinajstić information content (AvgIpc) is 2.74. The summed E-state index contributed by atoms with van der Waals surface area (Å²) in [7, 11) is 0. The second kappa shape index (κ2) is 7.56. The second-order valence-electron chi connectivity index (χ2n) is 3.17. The lowest BCUT2D eigenvalue weighted by Crippen LogP contribution is -2.27. The molecule has 0 aromatic carbocycles. The molecule has 1 heterocycles. The van der Waals surface area contributed by atoms with Gasteiger partial charge in [-0.2, -0.15) is 0 Å². The molecule has 1 aromatic heterocycles. The van der Waals surface area contributed by atoms with Gasteiger partial charge in [0, 0.05) is 6.54 Å². The van der Waals surface area contributed by atoms with Crippen LogP contribution in [0.15, 0.2) is 6.20 Å². The number of aryl methyl sites for hydroxylation is 1. The molecule has 0 saturated heterocycles. The predicted octanol–water partition coefficient (Wildman–Crippen LogP) is 0.406. The zero-order chi connectivity index (χ0) is 13.4. The molecule has 9 heteroatoms. The third-order valence-corrected chi connectivity index (χ3v) is 2.71. The van der Waals surface area contributed by atoms with Crippen LogP contribution in [0.2, 0.25) is 0 Å². The maximum absolute atomic E-state index is 11.5. The van der Waals surface area contributed by atoms with Crippen molar-refractivity contribution in [3.05, 3.63) is 26.2 Å². The van der Waals surface area contributed by atoms with E-state index in [1.807, 2.05) is 6.92 Å². The SMILES string of the molecule is Cc1ncc(C(=O)NCCOCCO[N+](=O)[O-])s1. The Hall–Kier alpha value is -1.74. The minimum absolute atomic E-state index is 0.108. The van der Waals surface area contributed by atoms with Gasteiger partial charge in [0.25, 0.3) is 11.0 Å². The highest BCUT2D eigenvalue weighted by Gasteiger charge is 2.07. The molecule has 0 aliphatic rings. The van der Waals surface area contributed by atoms with Crippen molar-refractivity contribution in [2.75, 3.05) is 26.4 Å². The maximum atomic E-state index is 11.5. The van der Waals surface area contributed by atoms with Crippen LogP contribution in [0.4, 0.5) is 0 Å². The van der Waals surface area contributed by atoms with Gasteiger partial charge in [-0.25, -0.2) is 4.98 Å². The molecule has 1 aromatic rings. The number of carbonyl (C=O) groups excluding carboxylic acids is 1. The number of nitrogens with zero attached hydrogens (tertiary/aromatic N) is 2. The summed E-state index contributed by atoms with van der Waals surface area (Å²) in [6.07, 6.45) is 1.51. The third-order valence-electron chi connectivity index (χ3n) is 1.80. The Morgan fingerprint density at radius 3 is 2.94 bits per heavy atom. The van der Waals surface area contributed by atoms with Gasteiger partial charge in [-0.15, -0.1) is 21.5 Å². The van der Waals surface area contributed by atoms with Crippen molar-refractivity contribution >= 4 is 17.2 Å². The molecule has 100 valence electrons. The molecule has 0 unspecified atom stereocenters. The first-order valence-electron chi connectivity index (χ1n) is 5.15. The van der Waals surface area contributed by atoms with Crippen LogP contribution in [0.5, 0.6) is 0 Å². The quantitative estimate of drug-likeness (QED) is 0.418. The van der Waals surface area contributed by atoms with E-state index in [1.54, 1.807) is 0 Å². The van der Waals surface area contributed by atoms with Crippen LogP contribution < -0.4 is 5.32 Å². The zero-order valence-corrected chi connectivity index (χ0v) is 10.6. The summed E-state index contributed by atoms with van der Waals surface area (Å²) in [6, 6.07) is 0. The lowest BCUT2D eigenvalue weighted by atomic mass is 10.5. The minimum Gasteiger partial charge on any atom is -0.378 e. The molecular formula is C9H13N3O5S. The number of aromatic nitrogens is 1. The summed E-state index contributed by atoms with van der Waals surface area (Å²) in [6.45, 7) is 2.41. The molecule has 0 radical (unpaired) electrons. The number of rotatable bonds is 8. The van der Waals surface area contributed by atoms with E-state index in [-0.39, 0.29) is 25.7 Å². The first kappa shape index (κ1) is 14.3. The zero-order valence-electron chi connectivity index (χ0n) is 9.75. The number of hydrogen-bond acceptors (Lipinski definition) is 7. The highest BCUT2D eigenvalue weighted by atomic mass is 32.1. The molecule has 0 saturated carbocycles. The first-order chi connectivity index (χ1) is 8.59. The summed E-state index contributed by atoms with van der Waals surface area (Å²) in [4.78, 5) is 29.9. The van der Waals surface area contributed by atoms with Crippen molar-refractivity contribution in [3.8, 4) is 0 Å². The summed E-state index contributed by atoms with van der Waals surface area (Å²) >= 11 is 1.31. The summed E-state index contributed by atoms with van der Waals surface area (Å²) < 4.78 is 5.02. The van der Waals surface area contributed by atoms with Crippen LogP contribution in [0, 0.1) is 17.0 Å². The van der Waals surface area contributed by atoms with Gasteiger partial charge in [0.05, 0.1) is 24.4 Å². The van der Waals surface area contributed by atoms with Crippen LogP contribution in [0.25, 0.3) is 0 Å². The summed E-state index contributed by atoms with van der Waals surface area (Å²) in [5, 5.41) is 12.4. The molecule has 0 bridgehead atoms. The number of ether oxygens (including phenoxy) is 1. The van der Waals surface area contributed by atoms with Gasteiger partial charge in [0.2, 0.25) is 0 Å². The number of carbonyl (C=O) groups is 1. The Balaban J connectivity index is 2.04. The second-order valence-corrected chi connectivity index (χ2v) is 4.40. The topological polar surface area (TPSA) is 104 Å². The van der Waals surface area contributed by atoms with E-state index in [9.17, 15) is 14.9 Å². The fraction of sp³-hybridized carbons (Fsp3) is 0.556. The van der Waals surface area contributed by atoms with Crippen molar-refractivity contribution in [3.63, 3.8) is 0 Å². The van der Waals surface area contributed by atoms with E-state index < -0.39 is 5.09 Å². The molecule has 18 heavy (non-hydrogen) atoms. The molecule has 0 aliphatic carbocycles. The maximum Gasteiger partial charge on any atom is 0.294 e. The van der Waals surface area contributed by atoms with Crippen molar-refractivity contribution < 1.29 is 19.5 Å². The Morgan fingerprint density at radius 2 is 2.33 bits per heavy atom. The van der Waals surface area contributed by atoms with Crippen LogP contribution in [-0.2, 0) is 9.57 Å². The van der Waals surface area contributed by atoms with Gasteiger partial charge in [-0.05, 0) is 6.92 Å². The molecular weight excluding hydrogens is 262 g/mol. The standard InChI is InChI=1S/C9H13N3O5S/c1-7-11-6-8(18-7)9(13)10-2-3-16-4-5-17-12(14)15/h6H,2-5H2,1H3,(H,10,13). The van der Waals surface area contributed by atoms with E-state index in [1.165, 1.54) is 17.5 Å². The van der Waals surface area contributed by atoms with Crippen molar-refractivity contribution in [2.24, 2.45) is 0 Å². The highest BCUT2D eigenvalue weighted by Crippen LogP contribution is 2.10. The van der Waals surface area contributed by atoms with Crippen LogP contribution >= 0.6 is 11.3 Å². The lowest BCUT2D eigenvalue weighted by molar-refractivity contribution is -0.758. The molecule has 1 rings (SSSR count). The van der Waals surface area contributed by atoms with Crippen LogP contribution in [0.3, 0.4) is 0 Å². The van der Waals surface area contributed by atoms with Gasteiger partial charge < -0.3 is 14.9 Å². The minimum atomic E-state index is -0.878. The molecule has 0 aliphatic heterocycles. The number of amides is 1. The molecule has 0 atom stereocenters. The normalized spacial score (nSPS) is 10.1. The van der Waals surface area contributed by atoms with E-state index in [0.29, 0.717) is 11.4 Å². The molecule has 0 spiro atoms. The Morgan fingerprint density at radius 1 is 1.56 bits per heavy atom. The Kier molecular flexibility index (Phi) is 6.01. The largest absolute Gasteiger partial charge is 0.378 e. The predicted molar refractivity (Wildman–Crippen MR) is 62.9 cm³/mol. The number of nitrogens with one attached hydrogen (secondary N) is 1. The van der Waals surface area contributed by atoms with Crippen molar-refractivity contribution in [2.45, 2.75) is 6.92 Å². The summed E-state index contributed by atoms with van der Waals surface area (Å²) in [5.74, 6) is -0.203. The molecule has 1 N–H and O–H groups in total. The van der Waals surface area contributed by atoms with Gasteiger partial charge in [-0.1, -0.05) is 0 Å². The Bertz CT molecular complexity index is 409. The van der Waals surface area contributed by atoms with Gasteiger partial charge in [0.15, 0.2) is 0 Å². The van der Waals surface area contributed by atoms with Crippen molar-refractivity contribution in [1.29, 1.82) is 0 Å². The van der Waals surface area contributed by atoms with E-state index in [2.05, 4.69) is 15.1 Å². The number of thiazole rings is 1. The monoisotopic (exact) mass is 275 g/mol. The third kappa shape index (κ3) is 5.55. The van der Waals surface area contributed by atoms with E-state index >= 15 is 0 Å². The molecule has 1 amide bonds. The van der Waals surface area contributed by atoms with Gasteiger partial charge >= 0.3 is 0 Å². The highest BCUT2D eigenvalue weighted by molar-refractivity contribution is 7.13. The smallest absolute Gasteiger partial charge is 0.294 e. The fourth-order valence-electron chi connectivity index (χ4n) is 1.06. The molecule has 0 fully saturated rings. The van der Waals surface area contributed by atoms with Crippen LogP contribution in [0.1, 0.15) is 14.7 Å². The molecule has 8 nitrogen and oxygen atoms in total. The van der Waals surface area contributed by atoms with Gasteiger partial charge in [-0.3, -0.25) is 4.79 Å². The van der Waals surface area contributed by atoms with Crippen LogP contribution in [-0.4, -0.2) is 42.3 Å². The number of hydrogen-bond donors (Lipinski definition) is 1. The average molecular weight is 275 g/mol. The van der Waals surface area contributed by atoms with Gasteiger partial charge in [0.1, 0.15) is 11.5 Å². The fourth-order valence-corrected chi connectivity index (χ4v) is 1.76.